The van der Waals surface area contributed by atoms with Gasteiger partial charge in [-0.05, 0) is 19.1 Å². The van der Waals surface area contributed by atoms with E-state index in [0.29, 0.717) is 16.5 Å². The van der Waals surface area contributed by atoms with Crippen LogP contribution in [-0.2, 0) is 4.79 Å². The van der Waals surface area contributed by atoms with Crippen LogP contribution in [0.3, 0.4) is 0 Å². The van der Waals surface area contributed by atoms with Gasteiger partial charge in [-0.2, -0.15) is 0 Å². The first-order valence-corrected chi connectivity index (χ1v) is 5.93. The highest BCUT2D eigenvalue weighted by Crippen LogP contribution is 2.27. The zero-order valence-corrected chi connectivity index (χ0v) is 11.3. The van der Waals surface area contributed by atoms with E-state index in [9.17, 15) is 9.59 Å². The van der Waals surface area contributed by atoms with Crippen LogP contribution in [0.2, 0.25) is 5.02 Å². The van der Waals surface area contributed by atoms with Gasteiger partial charge >= 0.3 is 12.0 Å². The Morgan fingerprint density at radius 3 is 2.74 bits per heavy atom. The summed E-state index contributed by atoms with van der Waals surface area (Å²) in [4.78, 5) is 22.1. The number of aliphatic carboxylic acids is 1. The molecule has 0 heterocycles. The van der Waals surface area contributed by atoms with Crippen LogP contribution in [0.4, 0.5) is 10.5 Å². The Balaban J connectivity index is 2.59. The van der Waals surface area contributed by atoms with Gasteiger partial charge in [0.15, 0.2) is 0 Å². The molecule has 0 fully saturated rings. The first kappa shape index (κ1) is 15.1. The van der Waals surface area contributed by atoms with Crippen LogP contribution in [0, 0.1) is 0 Å². The van der Waals surface area contributed by atoms with Crippen LogP contribution in [0.25, 0.3) is 0 Å². The average molecular weight is 287 g/mol. The van der Waals surface area contributed by atoms with Crippen LogP contribution in [0.5, 0.6) is 5.75 Å². The molecule has 0 aliphatic heterocycles. The number of carbonyl (C=O) groups is 2. The van der Waals surface area contributed by atoms with Crippen molar-refractivity contribution in [1.82, 2.24) is 5.32 Å². The van der Waals surface area contributed by atoms with Crippen molar-refractivity contribution in [3.05, 3.63) is 23.2 Å². The normalized spacial score (nSPS) is 11.5. The number of carboxylic acid groups (broad SMARTS) is 1. The molecule has 0 aliphatic rings. The van der Waals surface area contributed by atoms with Gasteiger partial charge in [0.1, 0.15) is 5.75 Å². The molecule has 7 heteroatoms. The number of hydrogen-bond donors (Lipinski definition) is 3. The lowest BCUT2D eigenvalue weighted by Gasteiger charge is -2.13. The number of halogens is 1. The van der Waals surface area contributed by atoms with E-state index in [1.807, 2.05) is 0 Å². The van der Waals surface area contributed by atoms with Crippen molar-refractivity contribution in [3.63, 3.8) is 0 Å². The Morgan fingerprint density at radius 2 is 2.16 bits per heavy atom. The van der Waals surface area contributed by atoms with Crippen molar-refractivity contribution in [2.75, 3.05) is 12.4 Å². The summed E-state index contributed by atoms with van der Waals surface area (Å²) in [6, 6.07) is 3.83. The molecule has 19 heavy (non-hydrogen) atoms. The summed E-state index contributed by atoms with van der Waals surface area (Å²) in [5, 5.41) is 14.1. The molecule has 2 amide bonds. The van der Waals surface area contributed by atoms with Gasteiger partial charge in [-0.25, -0.2) is 4.79 Å². The van der Waals surface area contributed by atoms with Crippen molar-refractivity contribution in [2.24, 2.45) is 0 Å². The van der Waals surface area contributed by atoms with Gasteiger partial charge in [-0.3, -0.25) is 4.79 Å². The van der Waals surface area contributed by atoms with Gasteiger partial charge in [0.25, 0.3) is 0 Å². The minimum absolute atomic E-state index is 0.142. The molecule has 0 radical (unpaired) electrons. The minimum atomic E-state index is -0.971. The van der Waals surface area contributed by atoms with Crippen LogP contribution >= 0.6 is 11.6 Å². The number of hydrogen-bond acceptors (Lipinski definition) is 3. The van der Waals surface area contributed by atoms with Crippen molar-refractivity contribution in [2.45, 2.75) is 19.4 Å². The molecule has 0 aromatic heterocycles. The van der Waals surface area contributed by atoms with Crippen molar-refractivity contribution >= 4 is 29.3 Å². The summed E-state index contributed by atoms with van der Waals surface area (Å²) in [6.45, 7) is 1.61. The maximum atomic E-state index is 11.6. The van der Waals surface area contributed by atoms with Crippen LogP contribution in [-0.4, -0.2) is 30.3 Å². The fourth-order valence-electron chi connectivity index (χ4n) is 1.44. The predicted molar refractivity (Wildman–Crippen MR) is 71.9 cm³/mol. The molecule has 0 bridgehead atoms. The van der Waals surface area contributed by atoms with Gasteiger partial charge in [0.05, 0.1) is 18.6 Å². The standard InChI is InChI=1S/C12H15ClN2O4/c1-7(5-11(16)17)14-12(18)15-8-3-4-9(13)10(6-8)19-2/h3-4,6-7H,5H2,1-2H3,(H,16,17)(H2,14,15,18). The molecule has 1 aromatic carbocycles. The number of anilines is 1. The maximum Gasteiger partial charge on any atom is 0.319 e. The fourth-order valence-corrected chi connectivity index (χ4v) is 1.64. The molecule has 0 spiro atoms. The second-order valence-electron chi connectivity index (χ2n) is 3.95. The highest BCUT2D eigenvalue weighted by molar-refractivity contribution is 6.32. The number of benzene rings is 1. The van der Waals surface area contributed by atoms with E-state index in [1.165, 1.54) is 7.11 Å². The predicted octanol–water partition coefficient (Wildman–Crippen LogP) is 2.33. The van der Waals surface area contributed by atoms with Gasteiger partial charge in [-0.1, -0.05) is 11.6 Å². The molecule has 3 N–H and O–H groups in total. The molecule has 1 aromatic rings. The molecular formula is C12H15ClN2O4. The lowest BCUT2D eigenvalue weighted by Crippen LogP contribution is -2.37. The third kappa shape index (κ3) is 5.05. The second kappa shape index (κ2) is 6.84. The van der Waals surface area contributed by atoms with Gasteiger partial charge in [0, 0.05) is 17.8 Å². The summed E-state index contributed by atoms with van der Waals surface area (Å²) >= 11 is 5.86. The zero-order valence-electron chi connectivity index (χ0n) is 10.6. The van der Waals surface area contributed by atoms with Crippen molar-refractivity contribution in [3.8, 4) is 5.75 Å². The summed E-state index contributed by atoms with van der Waals surface area (Å²) < 4.78 is 5.02. The van der Waals surface area contributed by atoms with E-state index < -0.39 is 18.0 Å². The second-order valence-corrected chi connectivity index (χ2v) is 4.35. The van der Waals surface area contributed by atoms with Crippen molar-refractivity contribution in [1.29, 1.82) is 0 Å². The first-order valence-electron chi connectivity index (χ1n) is 5.55. The molecule has 6 nitrogen and oxygen atoms in total. The fraction of sp³-hybridized carbons (Fsp3) is 0.333. The Bertz CT molecular complexity index is 479. The molecule has 104 valence electrons. The summed E-state index contributed by atoms with van der Waals surface area (Å²) in [5.41, 5.74) is 0.501. The van der Waals surface area contributed by atoms with Gasteiger partial charge in [-0.15, -0.1) is 0 Å². The summed E-state index contributed by atoms with van der Waals surface area (Å²) in [7, 11) is 1.47. The van der Waals surface area contributed by atoms with E-state index in [0.717, 1.165) is 0 Å². The average Bonchev–Trinajstić information content (AvgIpc) is 2.30. The van der Waals surface area contributed by atoms with Crippen LogP contribution < -0.4 is 15.4 Å². The third-order valence-electron chi connectivity index (χ3n) is 2.27. The lowest BCUT2D eigenvalue weighted by atomic mass is 10.2. The number of rotatable bonds is 5. The number of carboxylic acids is 1. The number of ether oxygens (including phenoxy) is 1. The number of amides is 2. The van der Waals surface area contributed by atoms with Crippen LogP contribution in [0.1, 0.15) is 13.3 Å². The molecular weight excluding hydrogens is 272 g/mol. The Kier molecular flexibility index (Phi) is 5.44. The monoisotopic (exact) mass is 286 g/mol. The Labute approximate surface area is 115 Å². The SMILES string of the molecule is COc1cc(NC(=O)NC(C)CC(=O)O)ccc1Cl. The molecule has 0 saturated carbocycles. The molecule has 1 rings (SSSR count). The quantitative estimate of drug-likeness (QED) is 0.775. The van der Waals surface area contributed by atoms with Gasteiger partial charge in [0.2, 0.25) is 0 Å². The maximum absolute atomic E-state index is 11.6. The molecule has 0 saturated heterocycles. The molecule has 0 aliphatic carbocycles. The van der Waals surface area contributed by atoms with Crippen LogP contribution in [0.15, 0.2) is 18.2 Å². The van der Waals surface area contributed by atoms with E-state index >= 15 is 0 Å². The number of nitrogens with one attached hydrogen (secondary N) is 2. The number of methoxy groups -OCH3 is 1. The topological polar surface area (TPSA) is 87.7 Å². The summed E-state index contributed by atoms with van der Waals surface area (Å²) in [6.07, 6.45) is -0.142. The van der Waals surface area contributed by atoms with E-state index in [1.54, 1.807) is 25.1 Å². The lowest BCUT2D eigenvalue weighted by molar-refractivity contribution is -0.137. The zero-order chi connectivity index (χ0) is 14.4. The highest BCUT2D eigenvalue weighted by Gasteiger charge is 2.11. The van der Waals surface area contributed by atoms with E-state index in [2.05, 4.69) is 10.6 Å². The van der Waals surface area contributed by atoms with E-state index in [-0.39, 0.29) is 6.42 Å². The Hall–Kier alpha value is -1.95. The number of carbonyl (C=O) groups excluding carboxylic acids is 1. The Morgan fingerprint density at radius 1 is 1.47 bits per heavy atom. The van der Waals surface area contributed by atoms with Crippen molar-refractivity contribution < 1.29 is 19.4 Å². The first-order chi connectivity index (χ1) is 8.92. The van der Waals surface area contributed by atoms with E-state index in [4.69, 9.17) is 21.4 Å². The highest BCUT2D eigenvalue weighted by atomic mass is 35.5. The van der Waals surface area contributed by atoms with Gasteiger partial charge < -0.3 is 20.5 Å². The summed E-state index contributed by atoms with van der Waals surface area (Å²) in [5.74, 6) is -0.529. The molecule has 1 unspecified atom stereocenters. The largest absolute Gasteiger partial charge is 0.495 e. The smallest absolute Gasteiger partial charge is 0.319 e. The third-order valence-corrected chi connectivity index (χ3v) is 2.58. The minimum Gasteiger partial charge on any atom is -0.495 e. The molecule has 1 atom stereocenters. The number of urea groups is 1.